The molecule has 2 aromatic heterocycles. The molecule has 7 nitrogen and oxygen atoms in total. The summed E-state index contributed by atoms with van der Waals surface area (Å²) in [5.74, 6) is 0. The number of likely N-dealkylation sites (N-methyl/N-ethyl adjacent to an activating group) is 2. The van der Waals surface area contributed by atoms with Crippen LogP contribution in [0.4, 0.5) is 0 Å². The van der Waals surface area contributed by atoms with Gasteiger partial charge in [-0.15, -0.1) is 5.10 Å². The highest BCUT2D eigenvalue weighted by Crippen LogP contribution is 2.19. The Labute approximate surface area is 143 Å². The fourth-order valence-corrected chi connectivity index (χ4v) is 3.28. The zero-order chi connectivity index (χ0) is 16.9. The van der Waals surface area contributed by atoms with E-state index in [1.807, 2.05) is 29.2 Å². The number of likely N-dealkylation sites (tertiary alicyclic amines) is 1. The summed E-state index contributed by atoms with van der Waals surface area (Å²) in [7, 11) is 6.10. The van der Waals surface area contributed by atoms with Crippen LogP contribution in [0.3, 0.4) is 0 Å². The first kappa shape index (κ1) is 17.0. The van der Waals surface area contributed by atoms with E-state index in [2.05, 4.69) is 39.2 Å². The van der Waals surface area contributed by atoms with Crippen LogP contribution in [-0.2, 0) is 17.8 Å². The highest BCUT2D eigenvalue weighted by Gasteiger charge is 2.30. The standard InChI is InChI=1S/C17H26N6O/c1-21(12-16-7-17(24-3)13-22(16)2)10-15-11-23(20-19-15)9-14-5-4-6-18-8-14/h4-6,8,11,16-17H,7,9-10,12-13H2,1-3H3/t16-,17-/m0/s1. The molecular weight excluding hydrogens is 304 g/mol. The van der Waals surface area contributed by atoms with Gasteiger partial charge in [0.15, 0.2) is 0 Å². The average molecular weight is 330 g/mol. The topological polar surface area (TPSA) is 59.3 Å². The van der Waals surface area contributed by atoms with Crippen molar-refractivity contribution in [2.45, 2.75) is 31.7 Å². The number of hydrogen-bond donors (Lipinski definition) is 0. The van der Waals surface area contributed by atoms with E-state index in [1.54, 1.807) is 13.3 Å². The van der Waals surface area contributed by atoms with Gasteiger partial charge in [-0.3, -0.25) is 14.8 Å². The first-order chi connectivity index (χ1) is 11.6. The first-order valence-electron chi connectivity index (χ1n) is 8.33. The van der Waals surface area contributed by atoms with Crippen molar-refractivity contribution >= 4 is 0 Å². The van der Waals surface area contributed by atoms with Crippen LogP contribution in [0.5, 0.6) is 0 Å². The molecule has 1 saturated heterocycles. The summed E-state index contributed by atoms with van der Waals surface area (Å²) in [6.45, 7) is 3.52. The molecule has 1 aliphatic rings. The van der Waals surface area contributed by atoms with Gasteiger partial charge >= 0.3 is 0 Å². The van der Waals surface area contributed by atoms with Gasteiger partial charge in [-0.25, -0.2) is 4.68 Å². The fraction of sp³-hybridized carbons (Fsp3) is 0.588. The molecule has 24 heavy (non-hydrogen) atoms. The Morgan fingerprint density at radius 3 is 3.00 bits per heavy atom. The van der Waals surface area contributed by atoms with Crippen LogP contribution in [0.15, 0.2) is 30.7 Å². The predicted molar refractivity (Wildman–Crippen MR) is 91.5 cm³/mol. The van der Waals surface area contributed by atoms with Gasteiger partial charge in [-0.1, -0.05) is 11.3 Å². The molecule has 1 aliphatic heterocycles. The van der Waals surface area contributed by atoms with Gasteiger partial charge in [0.1, 0.15) is 0 Å². The van der Waals surface area contributed by atoms with E-state index in [9.17, 15) is 0 Å². The Morgan fingerprint density at radius 2 is 2.29 bits per heavy atom. The maximum Gasteiger partial charge on any atom is 0.0967 e. The number of ether oxygens (including phenoxy) is 1. The SMILES string of the molecule is CO[C@H]1C[C@@H](CN(C)Cc2cn(Cc3cccnc3)nn2)N(C)C1. The second kappa shape index (κ2) is 7.83. The Hall–Kier alpha value is -1.83. The highest BCUT2D eigenvalue weighted by atomic mass is 16.5. The van der Waals surface area contributed by atoms with Gasteiger partial charge < -0.3 is 4.74 Å². The minimum atomic E-state index is 0.355. The summed E-state index contributed by atoms with van der Waals surface area (Å²) in [4.78, 5) is 8.81. The van der Waals surface area contributed by atoms with E-state index in [-0.39, 0.29) is 0 Å². The molecule has 0 radical (unpaired) electrons. The van der Waals surface area contributed by atoms with E-state index in [4.69, 9.17) is 4.74 Å². The van der Waals surface area contributed by atoms with Gasteiger partial charge in [0.25, 0.3) is 0 Å². The lowest BCUT2D eigenvalue weighted by Gasteiger charge is -2.24. The van der Waals surface area contributed by atoms with Crippen LogP contribution in [0, 0.1) is 0 Å². The molecule has 0 amide bonds. The lowest BCUT2D eigenvalue weighted by Crippen LogP contribution is -2.36. The summed E-state index contributed by atoms with van der Waals surface area (Å²) in [6, 6.07) is 4.51. The molecule has 0 N–H and O–H groups in total. The number of hydrogen-bond acceptors (Lipinski definition) is 6. The van der Waals surface area contributed by atoms with Crippen molar-refractivity contribution in [2.24, 2.45) is 0 Å². The first-order valence-corrected chi connectivity index (χ1v) is 8.33. The Kier molecular flexibility index (Phi) is 5.55. The van der Waals surface area contributed by atoms with Crippen LogP contribution >= 0.6 is 0 Å². The van der Waals surface area contributed by atoms with Crippen molar-refractivity contribution in [3.05, 3.63) is 42.0 Å². The number of nitrogens with zero attached hydrogens (tertiary/aromatic N) is 6. The third kappa shape index (κ3) is 4.37. The summed E-state index contributed by atoms with van der Waals surface area (Å²) in [5, 5.41) is 8.51. The van der Waals surface area contributed by atoms with E-state index in [0.29, 0.717) is 18.7 Å². The van der Waals surface area contributed by atoms with Gasteiger partial charge in [-0.2, -0.15) is 0 Å². The van der Waals surface area contributed by atoms with Gasteiger partial charge in [0, 0.05) is 45.2 Å². The lowest BCUT2D eigenvalue weighted by atomic mass is 10.2. The molecule has 3 heterocycles. The van der Waals surface area contributed by atoms with Crippen LogP contribution in [-0.4, -0.2) is 76.2 Å². The minimum absolute atomic E-state index is 0.355. The van der Waals surface area contributed by atoms with E-state index < -0.39 is 0 Å². The van der Waals surface area contributed by atoms with Gasteiger partial charge in [0.05, 0.1) is 24.5 Å². The van der Waals surface area contributed by atoms with E-state index in [1.165, 1.54) is 0 Å². The molecule has 7 heteroatoms. The zero-order valence-electron chi connectivity index (χ0n) is 14.7. The fourth-order valence-electron chi connectivity index (χ4n) is 3.28. The molecule has 0 bridgehead atoms. The van der Waals surface area contributed by atoms with E-state index in [0.717, 1.165) is 37.3 Å². The molecule has 0 aromatic carbocycles. The van der Waals surface area contributed by atoms with Gasteiger partial charge in [-0.05, 0) is 32.1 Å². The van der Waals surface area contributed by atoms with Crippen molar-refractivity contribution in [1.82, 2.24) is 29.8 Å². The molecule has 0 aliphatic carbocycles. The number of aromatic nitrogens is 4. The maximum atomic E-state index is 5.48. The number of rotatable bonds is 7. The molecule has 0 spiro atoms. The molecule has 1 fully saturated rings. The predicted octanol–water partition coefficient (Wildman–Crippen LogP) is 0.872. The molecule has 0 unspecified atom stereocenters. The lowest BCUT2D eigenvalue weighted by molar-refractivity contribution is 0.111. The van der Waals surface area contributed by atoms with Crippen molar-refractivity contribution < 1.29 is 4.74 Å². The van der Waals surface area contributed by atoms with Crippen LogP contribution in [0.2, 0.25) is 0 Å². The summed E-state index contributed by atoms with van der Waals surface area (Å²) >= 11 is 0. The maximum absolute atomic E-state index is 5.48. The quantitative estimate of drug-likeness (QED) is 0.751. The van der Waals surface area contributed by atoms with Crippen LogP contribution in [0.25, 0.3) is 0 Å². The van der Waals surface area contributed by atoms with Crippen molar-refractivity contribution in [2.75, 3.05) is 34.3 Å². The molecule has 0 saturated carbocycles. The molecule has 2 aromatic rings. The Morgan fingerprint density at radius 1 is 1.42 bits per heavy atom. The summed E-state index contributed by atoms with van der Waals surface area (Å²) < 4.78 is 7.34. The normalized spacial score (nSPS) is 21.7. The smallest absolute Gasteiger partial charge is 0.0967 e. The third-order valence-corrected chi connectivity index (χ3v) is 4.59. The molecular formula is C17H26N6O. The van der Waals surface area contributed by atoms with Crippen molar-refractivity contribution in [3.8, 4) is 0 Å². The third-order valence-electron chi connectivity index (χ3n) is 4.59. The minimum Gasteiger partial charge on any atom is -0.380 e. The number of methoxy groups -OCH3 is 1. The van der Waals surface area contributed by atoms with Crippen LogP contribution in [0.1, 0.15) is 17.7 Å². The van der Waals surface area contributed by atoms with Gasteiger partial charge in [0.2, 0.25) is 0 Å². The Balaban J connectivity index is 1.51. The molecule has 130 valence electrons. The number of pyridine rings is 1. The average Bonchev–Trinajstić information content (AvgIpc) is 3.15. The molecule has 2 atom stereocenters. The Bertz CT molecular complexity index is 631. The van der Waals surface area contributed by atoms with Crippen LogP contribution < -0.4 is 0 Å². The van der Waals surface area contributed by atoms with Crippen molar-refractivity contribution in [3.63, 3.8) is 0 Å². The van der Waals surface area contributed by atoms with Crippen molar-refractivity contribution in [1.29, 1.82) is 0 Å². The second-order valence-electron chi connectivity index (χ2n) is 6.65. The summed E-state index contributed by atoms with van der Waals surface area (Å²) in [6.07, 6.45) is 7.09. The molecule has 3 rings (SSSR count). The largest absolute Gasteiger partial charge is 0.380 e. The summed E-state index contributed by atoms with van der Waals surface area (Å²) in [5.41, 5.74) is 2.12. The zero-order valence-corrected chi connectivity index (χ0v) is 14.7. The second-order valence-corrected chi connectivity index (χ2v) is 6.65. The van der Waals surface area contributed by atoms with E-state index >= 15 is 0 Å². The monoisotopic (exact) mass is 330 g/mol. The highest BCUT2D eigenvalue weighted by molar-refractivity contribution is 5.09.